The van der Waals surface area contributed by atoms with Crippen molar-refractivity contribution in [3.05, 3.63) is 58.2 Å². The van der Waals surface area contributed by atoms with Crippen molar-refractivity contribution in [2.75, 3.05) is 0 Å². The van der Waals surface area contributed by atoms with Crippen molar-refractivity contribution in [2.45, 2.75) is 11.2 Å². The highest BCUT2D eigenvalue weighted by atomic mass is 79.9. The molecular weight excluding hydrogens is 339 g/mol. The number of alkyl halides is 1. The largest absolute Gasteiger partial charge is 0.453 e. The number of furan rings is 1. The van der Waals surface area contributed by atoms with Gasteiger partial charge in [-0.3, -0.25) is 0 Å². The number of hydrogen-bond acceptors (Lipinski definition) is 1. The topological polar surface area (TPSA) is 13.1 Å². The predicted octanol–water partition coefficient (Wildman–Crippen LogP) is 4.86. The first-order valence-electron chi connectivity index (χ1n) is 4.79. The fourth-order valence-corrected chi connectivity index (χ4v) is 2.36. The van der Waals surface area contributed by atoms with Crippen LogP contribution in [0.2, 0.25) is 0 Å². The fourth-order valence-electron chi connectivity index (χ4n) is 1.42. The van der Waals surface area contributed by atoms with Crippen LogP contribution < -0.4 is 0 Å². The highest BCUT2D eigenvalue weighted by Crippen LogP contribution is 2.30. The number of hydrogen-bond donors (Lipinski definition) is 0. The van der Waals surface area contributed by atoms with Gasteiger partial charge < -0.3 is 4.42 Å². The Morgan fingerprint density at radius 2 is 1.81 bits per heavy atom. The summed E-state index contributed by atoms with van der Waals surface area (Å²) in [4.78, 5) is 0.101. The minimum absolute atomic E-state index is 0.101. The lowest BCUT2D eigenvalue weighted by molar-refractivity contribution is 0.485. The van der Waals surface area contributed by atoms with Crippen molar-refractivity contribution in [3.63, 3.8) is 0 Å². The van der Waals surface area contributed by atoms with E-state index in [9.17, 15) is 4.39 Å². The van der Waals surface area contributed by atoms with E-state index in [-0.39, 0.29) is 10.6 Å². The van der Waals surface area contributed by atoms with Crippen LogP contribution in [-0.2, 0) is 6.42 Å². The Labute approximate surface area is 110 Å². The maximum atomic E-state index is 12.7. The minimum Gasteiger partial charge on any atom is -0.453 e. The highest BCUT2D eigenvalue weighted by Gasteiger charge is 2.12. The third-order valence-electron chi connectivity index (χ3n) is 2.23. The summed E-state index contributed by atoms with van der Waals surface area (Å²) in [5, 5.41) is 0. The molecular formula is C12H9Br2FO. The average Bonchev–Trinajstić information content (AvgIpc) is 2.68. The molecule has 0 amide bonds. The SMILES string of the molecule is Fc1ccc(CC(Br)c2ccc(Br)o2)cc1. The molecule has 1 aromatic carbocycles. The monoisotopic (exact) mass is 346 g/mol. The molecule has 0 spiro atoms. The van der Waals surface area contributed by atoms with E-state index in [0.717, 1.165) is 17.7 Å². The van der Waals surface area contributed by atoms with Crippen LogP contribution in [0.25, 0.3) is 0 Å². The molecule has 0 aliphatic carbocycles. The molecule has 84 valence electrons. The zero-order valence-corrected chi connectivity index (χ0v) is 11.5. The molecule has 1 aromatic heterocycles. The maximum Gasteiger partial charge on any atom is 0.169 e. The summed E-state index contributed by atoms with van der Waals surface area (Å²) < 4.78 is 18.9. The molecule has 0 saturated carbocycles. The van der Waals surface area contributed by atoms with Crippen LogP contribution in [0.3, 0.4) is 0 Å². The fraction of sp³-hybridized carbons (Fsp3) is 0.167. The van der Waals surface area contributed by atoms with E-state index >= 15 is 0 Å². The van der Waals surface area contributed by atoms with Crippen molar-refractivity contribution < 1.29 is 8.81 Å². The highest BCUT2D eigenvalue weighted by molar-refractivity contribution is 9.10. The molecule has 1 atom stereocenters. The van der Waals surface area contributed by atoms with Crippen LogP contribution in [0.4, 0.5) is 4.39 Å². The van der Waals surface area contributed by atoms with E-state index in [4.69, 9.17) is 4.42 Å². The van der Waals surface area contributed by atoms with Gasteiger partial charge in [0.2, 0.25) is 0 Å². The second kappa shape index (κ2) is 5.15. The second-order valence-electron chi connectivity index (χ2n) is 3.44. The smallest absolute Gasteiger partial charge is 0.169 e. The quantitative estimate of drug-likeness (QED) is 0.722. The molecule has 1 unspecified atom stereocenters. The van der Waals surface area contributed by atoms with Crippen LogP contribution in [0.1, 0.15) is 16.2 Å². The zero-order valence-electron chi connectivity index (χ0n) is 8.29. The summed E-state index contributed by atoms with van der Waals surface area (Å²) >= 11 is 6.80. The first kappa shape index (κ1) is 11.9. The lowest BCUT2D eigenvalue weighted by atomic mass is 10.1. The summed E-state index contributed by atoms with van der Waals surface area (Å²) in [7, 11) is 0. The summed E-state index contributed by atoms with van der Waals surface area (Å²) in [5.41, 5.74) is 1.07. The van der Waals surface area contributed by atoms with E-state index in [1.807, 2.05) is 12.1 Å². The van der Waals surface area contributed by atoms with Gasteiger partial charge >= 0.3 is 0 Å². The van der Waals surface area contributed by atoms with Gasteiger partial charge in [-0.15, -0.1) is 0 Å². The molecule has 4 heteroatoms. The van der Waals surface area contributed by atoms with Crippen molar-refractivity contribution in [1.82, 2.24) is 0 Å². The Hall–Kier alpha value is -0.610. The normalized spacial score (nSPS) is 12.7. The summed E-state index contributed by atoms with van der Waals surface area (Å²) in [6.07, 6.45) is 0.764. The molecule has 0 saturated heterocycles. The van der Waals surface area contributed by atoms with Gasteiger partial charge in [0.15, 0.2) is 4.67 Å². The van der Waals surface area contributed by atoms with E-state index < -0.39 is 0 Å². The number of halogens is 3. The van der Waals surface area contributed by atoms with Crippen LogP contribution in [0, 0.1) is 5.82 Å². The van der Waals surface area contributed by atoms with Crippen LogP contribution in [-0.4, -0.2) is 0 Å². The summed E-state index contributed by atoms with van der Waals surface area (Å²) in [5.74, 6) is 0.645. The first-order chi connectivity index (χ1) is 7.65. The van der Waals surface area contributed by atoms with Crippen LogP contribution in [0.5, 0.6) is 0 Å². The molecule has 0 fully saturated rings. The van der Waals surface area contributed by atoms with Gasteiger partial charge in [-0.2, -0.15) is 0 Å². The summed E-state index contributed by atoms with van der Waals surface area (Å²) in [6, 6.07) is 10.3. The zero-order chi connectivity index (χ0) is 11.5. The van der Waals surface area contributed by atoms with Crippen molar-refractivity contribution in [2.24, 2.45) is 0 Å². The standard InChI is InChI=1S/C12H9Br2FO/c13-10(11-5-6-12(14)16-11)7-8-1-3-9(15)4-2-8/h1-6,10H,7H2. The van der Waals surface area contributed by atoms with Crippen LogP contribution in [0.15, 0.2) is 45.5 Å². The van der Waals surface area contributed by atoms with Crippen molar-refractivity contribution in [1.29, 1.82) is 0 Å². The lowest BCUT2D eigenvalue weighted by Gasteiger charge is -2.06. The first-order valence-corrected chi connectivity index (χ1v) is 6.50. The molecule has 2 aromatic rings. The molecule has 0 N–H and O–H groups in total. The van der Waals surface area contributed by atoms with E-state index in [0.29, 0.717) is 4.67 Å². The van der Waals surface area contributed by atoms with E-state index in [1.54, 1.807) is 12.1 Å². The molecule has 1 nitrogen and oxygen atoms in total. The number of rotatable bonds is 3. The van der Waals surface area contributed by atoms with Gasteiger partial charge in [0, 0.05) is 0 Å². The molecule has 16 heavy (non-hydrogen) atoms. The Morgan fingerprint density at radius 1 is 1.12 bits per heavy atom. The van der Waals surface area contributed by atoms with Crippen molar-refractivity contribution >= 4 is 31.9 Å². The van der Waals surface area contributed by atoms with Gasteiger partial charge in [0.05, 0.1) is 4.83 Å². The van der Waals surface area contributed by atoms with Gasteiger partial charge in [-0.25, -0.2) is 4.39 Å². The Kier molecular flexibility index (Phi) is 3.82. The van der Waals surface area contributed by atoms with Gasteiger partial charge in [-0.05, 0) is 52.2 Å². The van der Waals surface area contributed by atoms with Crippen molar-refractivity contribution in [3.8, 4) is 0 Å². The second-order valence-corrected chi connectivity index (χ2v) is 5.33. The maximum absolute atomic E-state index is 12.7. The minimum atomic E-state index is -0.212. The third-order valence-corrected chi connectivity index (χ3v) is 3.43. The average molecular weight is 348 g/mol. The molecule has 0 bridgehead atoms. The van der Waals surface area contributed by atoms with Crippen LogP contribution >= 0.6 is 31.9 Å². The van der Waals surface area contributed by atoms with Gasteiger partial charge in [-0.1, -0.05) is 28.1 Å². The predicted molar refractivity (Wildman–Crippen MR) is 68.2 cm³/mol. The third kappa shape index (κ3) is 2.95. The Bertz CT molecular complexity index is 464. The van der Waals surface area contributed by atoms with E-state index in [2.05, 4.69) is 31.9 Å². The molecule has 0 radical (unpaired) electrons. The van der Waals surface area contributed by atoms with Gasteiger partial charge in [0.25, 0.3) is 0 Å². The molecule has 2 rings (SSSR count). The lowest BCUT2D eigenvalue weighted by Crippen LogP contribution is -1.93. The molecule has 1 heterocycles. The Balaban J connectivity index is 2.07. The van der Waals surface area contributed by atoms with Gasteiger partial charge in [0.1, 0.15) is 11.6 Å². The number of benzene rings is 1. The molecule has 0 aliphatic heterocycles. The Morgan fingerprint density at radius 3 is 2.38 bits per heavy atom. The molecule has 0 aliphatic rings. The van der Waals surface area contributed by atoms with E-state index in [1.165, 1.54) is 12.1 Å². The summed E-state index contributed by atoms with van der Waals surface area (Å²) in [6.45, 7) is 0.